The Hall–Kier alpha value is -2.29. The fraction of sp³-hybridized carbons (Fsp3) is 0.818. The maximum atomic E-state index is 12.8. The van der Waals surface area contributed by atoms with Gasteiger partial charge in [-0.05, 0) is 57.8 Å². The summed E-state index contributed by atoms with van der Waals surface area (Å²) < 4.78 is 34.2. The lowest BCUT2D eigenvalue weighted by atomic mass is 10.0. The van der Waals surface area contributed by atoms with Crippen LogP contribution < -0.4 is 4.89 Å². The summed E-state index contributed by atoms with van der Waals surface area (Å²) >= 11 is 0. The van der Waals surface area contributed by atoms with Crippen LogP contribution in [-0.4, -0.2) is 70.0 Å². The minimum Gasteiger partial charge on any atom is -0.756 e. The van der Waals surface area contributed by atoms with Crippen LogP contribution in [0.4, 0.5) is 0 Å². The Morgan fingerprint density at radius 3 is 1.12 bits per heavy atom. The molecule has 0 heterocycles. The van der Waals surface area contributed by atoms with Crippen molar-refractivity contribution in [1.29, 1.82) is 0 Å². The fourth-order valence-corrected chi connectivity index (χ4v) is 9.89. The summed E-state index contributed by atoms with van der Waals surface area (Å²) in [7, 11) is 1.18. The molecule has 0 aromatic heterocycles. The molecule has 76 heavy (non-hydrogen) atoms. The number of hydrogen-bond donors (Lipinski definition) is 0. The number of unbranched alkanes of at least 4 members (excludes halogenated alkanes) is 35. The zero-order valence-electron chi connectivity index (χ0n) is 50.5. The molecule has 0 rings (SSSR count). The van der Waals surface area contributed by atoms with Gasteiger partial charge >= 0.3 is 11.9 Å². The lowest BCUT2D eigenvalue weighted by Crippen LogP contribution is -2.37. The fourth-order valence-electron chi connectivity index (χ4n) is 9.16. The monoisotopic (exact) mass is 1090 g/mol. The maximum Gasteiger partial charge on any atom is 0.306 e. The van der Waals surface area contributed by atoms with Gasteiger partial charge in [0, 0.05) is 12.8 Å². The second-order valence-corrected chi connectivity index (χ2v) is 24.2. The lowest BCUT2D eigenvalue weighted by Gasteiger charge is -2.28. The molecule has 2 atom stereocenters. The number of likely N-dealkylation sites (N-methyl/N-ethyl adjacent to an activating group) is 1. The molecule has 0 amide bonds. The number of hydrogen-bond acceptors (Lipinski definition) is 8. The number of ether oxygens (including phenoxy) is 2. The van der Waals surface area contributed by atoms with Crippen LogP contribution in [0.5, 0.6) is 0 Å². The minimum absolute atomic E-state index is 0.0293. The highest BCUT2D eigenvalue weighted by atomic mass is 31.2. The Labute approximate surface area is 470 Å². The smallest absolute Gasteiger partial charge is 0.306 e. The van der Waals surface area contributed by atoms with Crippen molar-refractivity contribution in [3.05, 3.63) is 60.8 Å². The molecular formula is C66H122NO8P. The van der Waals surface area contributed by atoms with Gasteiger partial charge in [-0.2, -0.15) is 0 Å². The first-order valence-corrected chi connectivity index (χ1v) is 33.5. The van der Waals surface area contributed by atoms with Crippen molar-refractivity contribution in [3.8, 4) is 0 Å². The van der Waals surface area contributed by atoms with E-state index in [4.69, 9.17) is 18.5 Å². The topological polar surface area (TPSA) is 111 Å². The zero-order valence-corrected chi connectivity index (χ0v) is 51.3. The first-order valence-electron chi connectivity index (χ1n) is 32.0. The molecule has 0 aromatic rings. The Morgan fingerprint density at radius 1 is 0.421 bits per heavy atom. The van der Waals surface area contributed by atoms with E-state index in [1.54, 1.807) is 0 Å². The van der Waals surface area contributed by atoms with E-state index in [9.17, 15) is 19.0 Å². The lowest BCUT2D eigenvalue weighted by molar-refractivity contribution is -0.870. The molecule has 0 saturated heterocycles. The highest BCUT2D eigenvalue weighted by Crippen LogP contribution is 2.38. The van der Waals surface area contributed by atoms with Gasteiger partial charge in [0.1, 0.15) is 19.8 Å². The standard InChI is InChI=1S/C66H122NO8P/c1-6-8-10-12-14-16-18-20-22-24-26-27-28-29-30-31-32-33-34-35-36-37-38-39-41-43-45-47-49-51-53-55-57-59-66(69)75-64(63-74-76(70,71)73-61-60-67(3,4)5)62-72-65(68)58-56-54-52-50-48-46-44-42-40-25-23-21-19-17-15-13-11-9-7-2/h8,10,14,16,20,22,26-27,29-30,64H,6-7,9,11-13,15,17-19,21,23-25,28,31-63H2,1-5H3/b10-8-,16-14-,22-20-,27-26-,30-29-. The molecule has 0 radical (unpaired) electrons. The third-order valence-electron chi connectivity index (χ3n) is 14.1. The van der Waals surface area contributed by atoms with Gasteiger partial charge in [-0.3, -0.25) is 14.2 Å². The molecule has 0 saturated carbocycles. The van der Waals surface area contributed by atoms with Crippen LogP contribution in [0.1, 0.15) is 296 Å². The predicted molar refractivity (Wildman–Crippen MR) is 323 cm³/mol. The molecule has 0 aliphatic carbocycles. The Balaban J connectivity index is 4.03. The van der Waals surface area contributed by atoms with Crippen LogP contribution in [0.15, 0.2) is 60.8 Å². The van der Waals surface area contributed by atoms with Gasteiger partial charge in [-0.25, -0.2) is 0 Å². The molecular weight excluding hydrogens is 966 g/mol. The van der Waals surface area contributed by atoms with E-state index in [1.165, 1.54) is 193 Å². The molecule has 444 valence electrons. The highest BCUT2D eigenvalue weighted by Gasteiger charge is 2.22. The average molecular weight is 1090 g/mol. The molecule has 0 spiro atoms. The summed E-state index contributed by atoms with van der Waals surface area (Å²) in [4.78, 5) is 37.9. The van der Waals surface area contributed by atoms with E-state index < -0.39 is 26.5 Å². The van der Waals surface area contributed by atoms with Crippen LogP contribution in [0.25, 0.3) is 0 Å². The average Bonchev–Trinajstić information content (AvgIpc) is 3.38. The van der Waals surface area contributed by atoms with Crippen molar-refractivity contribution in [3.63, 3.8) is 0 Å². The maximum absolute atomic E-state index is 12.8. The van der Waals surface area contributed by atoms with Gasteiger partial charge in [-0.15, -0.1) is 0 Å². The summed E-state index contributed by atoms with van der Waals surface area (Å²) in [5.41, 5.74) is 0. The van der Waals surface area contributed by atoms with Gasteiger partial charge < -0.3 is 27.9 Å². The third-order valence-corrected chi connectivity index (χ3v) is 15.0. The van der Waals surface area contributed by atoms with Crippen LogP contribution in [0.2, 0.25) is 0 Å². The quantitative estimate of drug-likeness (QED) is 0.0195. The first kappa shape index (κ1) is 73.7. The normalized spacial score (nSPS) is 13.6. The van der Waals surface area contributed by atoms with Crippen LogP contribution in [0.3, 0.4) is 0 Å². The molecule has 0 fully saturated rings. The number of esters is 2. The summed E-state index contributed by atoms with van der Waals surface area (Å²) in [6.45, 7) is 4.17. The summed E-state index contributed by atoms with van der Waals surface area (Å²) in [6.07, 6.45) is 74.2. The molecule has 9 nitrogen and oxygen atoms in total. The van der Waals surface area contributed by atoms with E-state index in [2.05, 4.69) is 74.6 Å². The molecule has 0 aromatic carbocycles. The van der Waals surface area contributed by atoms with Crippen molar-refractivity contribution in [2.24, 2.45) is 0 Å². The first-order chi connectivity index (χ1) is 37.0. The number of rotatable bonds is 59. The van der Waals surface area contributed by atoms with Crippen LogP contribution in [0, 0.1) is 0 Å². The number of allylic oxidation sites excluding steroid dienone is 10. The molecule has 10 heteroatoms. The highest BCUT2D eigenvalue weighted by molar-refractivity contribution is 7.45. The summed E-state index contributed by atoms with van der Waals surface area (Å²) in [5, 5.41) is 0. The van der Waals surface area contributed by atoms with E-state index in [-0.39, 0.29) is 32.0 Å². The van der Waals surface area contributed by atoms with Gasteiger partial charge in [0.15, 0.2) is 6.10 Å². The van der Waals surface area contributed by atoms with E-state index in [0.29, 0.717) is 17.4 Å². The number of carbonyl (C=O) groups is 2. The Kier molecular flexibility index (Phi) is 55.7. The van der Waals surface area contributed by atoms with Gasteiger partial charge in [0.2, 0.25) is 0 Å². The Bertz CT molecular complexity index is 1470. The largest absolute Gasteiger partial charge is 0.756 e. The van der Waals surface area contributed by atoms with Gasteiger partial charge in [0.25, 0.3) is 7.82 Å². The van der Waals surface area contributed by atoms with Crippen molar-refractivity contribution < 1.29 is 42.1 Å². The summed E-state index contributed by atoms with van der Waals surface area (Å²) in [5.74, 6) is -0.818. The number of quaternary nitrogens is 1. The number of nitrogens with zero attached hydrogens (tertiary/aromatic N) is 1. The molecule has 0 bridgehead atoms. The van der Waals surface area contributed by atoms with Crippen molar-refractivity contribution in [2.45, 2.75) is 302 Å². The van der Waals surface area contributed by atoms with E-state index in [0.717, 1.165) is 70.6 Å². The van der Waals surface area contributed by atoms with Gasteiger partial charge in [-0.1, -0.05) is 286 Å². The summed E-state index contributed by atoms with van der Waals surface area (Å²) in [6, 6.07) is 0. The van der Waals surface area contributed by atoms with Gasteiger partial charge in [0.05, 0.1) is 27.7 Å². The number of phosphoric ester groups is 1. The Morgan fingerprint density at radius 2 is 0.750 bits per heavy atom. The number of carbonyl (C=O) groups excluding carboxylic acids is 2. The van der Waals surface area contributed by atoms with Crippen molar-refractivity contribution in [1.82, 2.24) is 0 Å². The van der Waals surface area contributed by atoms with E-state index >= 15 is 0 Å². The molecule has 0 N–H and O–H groups in total. The molecule has 2 unspecified atom stereocenters. The SMILES string of the molecule is CC/C=C\C/C=C\C/C=C\C/C=C\C/C=C\CCCCCCCCCCCCCCCCCCCC(=O)OC(COC(=O)CCCCCCCCCCCCCCCCCCCCC)COP(=O)([O-])OCC[N+](C)(C)C. The second-order valence-electron chi connectivity index (χ2n) is 22.8. The van der Waals surface area contributed by atoms with Crippen LogP contribution >= 0.6 is 7.82 Å². The third kappa shape index (κ3) is 60.9. The second kappa shape index (κ2) is 57.4. The van der Waals surface area contributed by atoms with Crippen molar-refractivity contribution >= 4 is 19.8 Å². The van der Waals surface area contributed by atoms with E-state index in [1.807, 2.05) is 21.1 Å². The number of phosphoric acid groups is 1. The molecule has 0 aliphatic heterocycles. The minimum atomic E-state index is -4.64. The zero-order chi connectivity index (χ0) is 55.6. The molecule has 0 aliphatic rings. The predicted octanol–water partition coefficient (Wildman–Crippen LogP) is 19.6. The van der Waals surface area contributed by atoms with Crippen molar-refractivity contribution in [2.75, 3.05) is 47.5 Å². The van der Waals surface area contributed by atoms with Crippen LogP contribution in [-0.2, 0) is 32.7 Å².